The Morgan fingerprint density at radius 2 is 1.48 bits per heavy atom. The van der Waals surface area contributed by atoms with Gasteiger partial charge in [-0.2, -0.15) is 10.1 Å². The van der Waals surface area contributed by atoms with Crippen LogP contribution >= 0.6 is 0 Å². The molecule has 674 valence electrons. The first-order chi connectivity index (χ1) is 60.9. The van der Waals surface area contributed by atoms with Crippen molar-refractivity contribution in [2.24, 2.45) is 29.4 Å². The van der Waals surface area contributed by atoms with E-state index in [1.54, 1.807) is 44.9 Å². The van der Waals surface area contributed by atoms with Crippen molar-refractivity contribution in [1.82, 2.24) is 69.6 Å². The molecule has 33 heteroatoms. The Balaban J connectivity index is 0.474. The number of fused-ring (bicyclic) bond motifs is 6. The number of carbonyl (C=O) groups excluding carboxylic acids is 7. The van der Waals surface area contributed by atoms with Crippen molar-refractivity contribution in [2.45, 2.75) is 219 Å². The third-order valence-electron chi connectivity index (χ3n) is 26.1. The lowest BCUT2D eigenvalue weighted by molar-refractivity contribution is -0.167. The maximum Gasteiger partial charge on any atom is 0.407 e. The monoisotopic (exact) mass is 1730 g/mol. The topological polar surface area (TPSA) is 417 Å². The zero-order valence-electron chi connectivity index (χ0n) is 73.5. The van der Waals surface area contributed by atoms with E-state index in [2.05, 4.69) is 81.2 Å². The van der Waals surface area contributed by atoms with E-state index >= 15 is 0 Å². The lowest BCUT2D eigenvalue weighted by Gasteiger charge is -2.37. The smallest absolute Gasteiger partial charge is 0.407 e. The number of carbonyl (C=O) groups is 7. The van der Waals surface area contributed by atoms with E-state index in [1.807, 2.05) is 82.7 Å². The molecule has 5 fully saturated rings. The molecule has 5 aromatic heterocycles. The third kappa shape index (κ3) is 23.6. The second-order valence-electron chi connectivity index (χ2n) is 35.2. The minimum absolute atomic E-state index is 0.0250. The lowest BCUT2D eigenvalue weighted by atomic mass is 9.83. The van der Waals surface area contributed by atoms with Crippen molar-refractivity contribution in [3.05, 3.63) is 143 Å². The Kier molecular flexibility index (Phi) is 31.2. The van der Waals surface area contributed by atoms with Crippen LogP contribution in [0.15, 0.2) is 120 Å². The highest BCUT2D eigenvalue weighted by Crippen LogP contribution is 2.37. The van der Waals surface area contributed by atoms with E-state index in [9.17, 15) is 38.7 Å². The fraction of sp³-hybridized carbons (Fsp3) is 0.559. The molecule has 10 atom stereocenters. The van der Waals surface area contributed by atoms with Crippen molar-refractivity contribution in [3.63, 3.8) is 0 Å². The number of allylic oxidation sites excluding steroid dienone is 5. The largest absolute Gasteiger partial charge is 0.461 e. The van der Waals surface area contributed by atoms with Gasteiger partial charge in [-0.15, -0.1) is 0 Å². The molecule has 4 amide bonds. The number of nitrogen functional groups attached to an aromatic ring is 2. The molecule has 1 saturated carbocycles. The number of methoxy groups -OCH3 is 1. The van der Waals surface area contributed by atoms with Gasteiger partial charge in [-0.25, -0.2) is 44.2 Å². The Morgan fingerprint density at radius 3 is 2.24 bits per heavy atom. The molecule has 4 saturated heterocycles. The van der Waals surface area contributed by atoms with Crippen LogP contribution in [-0.2, 0) is 73.7 Å². The van der Waals surface area contributed by atoms with Crippen molar-refractivity contribution < 1.29 is 66.8 Å². The quantitative estimate of drug-likeness (QED) is 0.0217. The first kappa shape index (κ1) is 91.2. The van der Waals surface area contributed by atoms with Crippen LogP contribution in [-0.4, -0.2) is 252 Å². The van der Waals surface area contributed by atoms with E-state index in [4.69, 9.17) is 50.4 Å². The van der Waals surface area contributed by atoms with Gasteiger partial charge in [0, 0.05) is 159 Å². The van der Waals surface area contributed by atoms with Crippen LogP contribution in [0.5, 0.6) is 0 Å². The summed E-state index contributed by atoms with van der Waals surface area (Å²) < 4.78 is 37.9. The summed E-state index contributed by atoms with van der Waals surface area (Å²) in [5, 5.41) is 19.8. The summed E-state index contributed by atoms with van der Waals surface area (Å²) in [7, 11) is 1.65. The number of aliphatic hydroxyl groups excluding tert-OH is 1. The number of hydrogen-bond donors (Lipinski definition) is 5. The van der Waals surface area contributed by atoms with Gasteiger partial charge in [0.25, 0.3) is 17.8 Å². The average Bonchev–Trinajstić information content (AvgIpc) is 1.15. The molecule has 8 N–H and O–H groups in total. The number of rotatable bonds is 19. The number of nitrogens with zero attached hydrogens (tertiary/aromatic N) is 15. The van der Waals surface area contributed by atoms with Gasteiger partial charge in [0.15, 0.2) is 11.2 Å². The molecule has 2 bridgehead atoms. The molecule has 14 rings (SSSR count). The highest BCUT2D eigenvalue weighted by Gasteiger charge is 2.42. The van der Waals surface area contributed by atoms with Crippen LogP contribution in [0, 0.1) is 23.7 Å². The van der Waals surface area contributed by atoms with Crippen LogP contribution in [0.3, 0.4) is 0 Å². The number of oxazole rings is 1. The Morgan fingerprint density at radius 1 is 0.722 bits per heavy atom. The number of benzene rings is 2. The summed E-state index contributed by atoms with van der Waals surface area (Å²) in [4.78, 5) is 140. The summed E-state index contributed by atoms with van der Waals surface area (Å²) >= 11 is 0. The molecular weight excluding hydrogens is 1610 g/mol. The number of piperidine rings is 1. The number of aromatic nitrogens is 9. The highest BCUT2D eigenvalue weighted by molar-refractivity contribution is 6.38. The van der Waals surface area contributed by atoms with Gasteiger partial charge in [0.05, 0.1) is 55.4 Å². The summed E-state index contributed by atoms with van der Waals surface area (Å²) in [5.74, 6) is -0.835. The van der Waals surface area contributed by atoms with Crippen molar-refractivity contribution >= 4 is 87.2 Å². The van der Waals surface area contributed by atoms with E-state index < -0.39 is 54.1 Å². The van der Waals surface area contributed by atoms with Gasteiger partial charge in [-0.1, -0.05) is 75.4 Å². The molecular formula is C93H123N19O14. The second kappa shape index (κ2) is 43.0. The van der Waals surface area contributed by atoms with Gasteiger partial charge in [0.1, 0.15) is 53.5 Å². The van der Waals surface area contributed by atoms with Crippen LogP contribution in [0.25, 0.3) is 33.4 Å². The van der Waals surface area contributed by atoms with Gasteiger partial charge < -0.3 is 80.2 Å². The standard InChI is InChI=1S/C93H123N19O14/c1-58-13-8-7-9-14-59(2)80(121-6)48-71-15-12-17-79(123-71)84(116)88(118)111-30-11-10-16-75(111)89(119)124-72(47-73(94)60(3)44-62(5)77(114)49-76(113)61(4)43-58)26-21-63-19-24-70(25-20-63)125-93(120)101-52-65-50-97-91(98-51-65)109-38-36-107(37-39-109)81(115)29-41-122-42-40-106-32-34-108(35-33-106)92-99-53-69(54-100-92)87(117)110-31-28-66-45-64(18-22-68(66)56-110)55-112-86-82(85(95)102-57-103-86)83(105-112)67-23-27-78-74(46-67)104-90(96)126-78/h7-9,13-14,18,22-23,27,44-46,50-51,53-54,57-58,60-61,63,70-73,75,77,79-80,114H,10-12,15-17,19-21,24-26,28-43,47-49,52,55-56,94H2,1-6H3,(H2,96,104)(H,101,120)(H2,95,102,103)/b9-7?,13-8+,59-14?,62-44+/t58-,60-,61-,63?,70?,71?,72-,73+,75+,77+,79?,80+/m1/s1. The molecule has 7 aliphatic rings. The Bertz CT molecular complexity index is 5070. The number of cyclic esters (lactones) is 1. The molecule has 1 aliphatic carbocycles. The number of aliphatic hydroxyl groups is 1. The van der Waals surface area contributed by atoms with Crippen molar-refractivity contribution in [1.29, 1.82) is 0 Å². The molecule has 0 radical (unpaired) electrons. The van der Waals surface area contributed by atoms with E-state index in [0.717, 1.165) is 67.8 Å². The first-order valence-electron chi connectivity index (χ1n) is 45.0. The third-order valence-corrected chi connectivity index (χ3v) is 26.1. The molecule has 2 unspecified atom stereocenters. The van der Waals surface area contributed by atoms with Crippen LogP contribution in [0.4, 0.5) is 28.5 Å². The van der Waals surface area contributed by atoms with Crippen LogP contribution in [0.2, 0.25) is 0 Å². The van der Waals surface area contributed by atoms with E-state index in [0.29, 0.717) is 205 Å². The molecule has 126 heavy (non-hydrogen) atoms. The maximum atomic E-state index is 14.6. The molecule has 11 heterocycles. The number of anilines is 4. The Labute approximate surface area is 735 Å². The maximum absolute atomic E-state index is 14.6. The van der Waals surface area contributed by atoms with Crippen molar-refractivity contribution in [3.8, 4) is 11.3 Å². The number of nitrogens with one attached hydrogen (secondary N) is 1. The fourth-order valence-corrected chi connectivity index (χ4v) is 18.4. The number of amides is 4. The average molecular weight is 1730 g/mol. The van der Waals surface area contributed by atoms with Gasteiger partial charge in [0.2, 0.25) is 23.6 Å². The number of hydrogen-bond acceptors (Lipinski definition) is 28. The predicted octanol–water partition coefficient (Wildman–Crippen LogP) is 9.63. The fourth-order valence-electron chi connectivity index (χ4n) is 18.4. The zero-order valence-corrected chi connectivity index (χ0v) is 73.5. The lowest BCUT2D eigenvalue weighted by Crippen LogP contribution is -2.54. The molecule has 6 aliphatic heterocycles. The highest BCUT2D eigenvalue weighted by atomic mass is 16.6. The van der Waals surface area contributed by atoms with Crippen LogP contribution in [0.1, 0.15) is 176 Å². The van der Waals surface area contributed by atoms with Gasteiger partial charge in [-0.05, 0) is 168 Å². The SMILES string of the molecule is CO[C@H]1CC2CCCC(O2)C(=O)C(=O)N2CCCC[C@H]2C(=O)O[C@H](CCC2CCC(OC(=O)NCc3cnc(N4CCN(C(=O)CCOCCN5CCN(c6ncc(C(=O)N7CCc8cc(Cn9nc(-c%10ccc%11oc(N)nc%11c%10)c%10c(N)ncnc%109)ccc8C7)cn6)CC5)CC4)nc3)CC2)C[C@H](N)[C@H](C)/C=C(\C)[C@@H](O)CC(=O)[C@H](C)C[C@H](C)/C=C/C=CC=C1C. The number of nitrogens with two attached hydrogens (primary N) is 3. The van der Waals surface area contributed by atoms with Gasteiger partial charge in [-0.3, -0.25) is 28.9 Å². The van der Waals surface area contributed by atoms with E-state index in [1.165, 1.54) is 16.8 Å². The molecule has 33 nitrogen and oxygen atoms in total. The summed E-state index contributed by atoms with van der Waals surface area (Å²) in [5.41, 5.74) is 28.4. The minimum atomic E-state index is -0.996. The second-order valence-corrected chi connectivity index (χ2v) is 35.2. The number of Topliss-reactive ketones (excluding diaryl/α,β-unsaturated/α-hetero) is 2. The number of ether oxygens (including phenoxy) is 5. The van der Waals surface area contributed by atoms with Crippen LogP contribution < -0.4 is 32.3 Å². The van der Waals surface area contributed by atoms with Gasteiger partial charge >= 0.3 is 12.1 Å². The van der Waals surface area contributed by atoms with E-state index in [-0.39, 0.29) is 97.9 Å². The normalized spacial score (nSPS) is 26.0. The number of esters is 1. The summed E-state index contributed by atoms with van der Waals surface area (Å²) in [6.45, 7) is 18.3. The van der Waals surface area contributed by atoms with Crippen molar-refractivity contribution in [2.75, 3.05) is 114 Å². The summed E-state index contributed by atoms with van der Waals surface area (Å²) in [6.07, 6.45) is 25.7. The molecule has 2 aromatic carbocycles. The molecule has 0 spiro atoms. The number of alkyl carbamates (subject to hydrolysis) is 1. The number of ketones is 2. The first-order valence-corrected chi connectivity index (χ1v) is 45.0. The zero-order chi connectivity index (χ0) is 88.5. The summed E-state index contributed by atoms with van der Waals surface area (Å²) in [6, 6.07) is 10.5. The Hall–Kier alpha value is -11.0. The number of piperazine rings is 2. The predicted molar refractivity (Wildman–Crippen MR) is 475 cm³/mol. The molecule has 7 aromatic rings. The minimum Gasteiger partial charge on any atom is -0.461 e.